The SMILES string of the molecule is Cc1ccc(CN(C)CC2CC3CCC2C3)cc1N. The van der Waals surface area contributed by atoms with Gasteiger partial charge in [-0.1, -0.05) is 18.6 Å². The van der Waals surface area contributed by atoms with Crippen LogP contribution in [0.1, 0.15) is 36.8 Å². The molecule has 2 aliphatic rings. The van der Waals surface area contributed by atoms with Crippen molar-refractivity contribution < 1.29 is 0 Å². The Kier molecular flexibility index (Phi) is 3.53. The van der Waals surface area contributed by atoms with Crippen molar-refractivity contribution in [2.24, 2.45) is 17.8 Å². The molecule has 19 heavy (non-hydrogen) atoms. The number of fused-ring (bicyclic) bond motifs is 2. The van der Waals surface area contributed by atoms with Gasteiger partial charge < -0.3 is 10.6 Å². The lowest BCUT2D eigenvalue weighted by Gasteiger charge is -2.27. The highest BCUT2D eigenvalue weighted by Crippen LogP contribution is 2.48. The summed E-state index contributed by atoms with van der Waals surface area (Å²) in [7, 11) is 2.25. The van der Waals surface area contributed by atoms with Gasteiger partial charge in [0, 0.05) is 18.8 Å². The molecule has 0 spiro atoms. The van der Waals surface area contributed by atoms with E-state index < -0.39 is 0 Å². The summed E-state index contributed by atoms with van der Waals surface area (Å²) in [4.78, 5) is 2.48. The van der Waals surface area contributed by atoms with Crippen LogP contribution in [0.5, 0.6) is 0 Å². The van der Waals surface area contributed by atoms with Crippen molar-refractivity contribution in [1.82, 2.24) is 4.90 Å². The van der Waals surface area contributed by atoms with E-state index in [1.807, 2.05) is 0 Å². The summed E-state index contributed by atoms with van der Waals surface area (Å²) in [5.74, 6) is 3.03. The van der Waals surface area contributed by atoms with Crippen LogP contribution >= 0.6 is 0 Å². The van der Waals surface area contributed by atoms with Gasteiger partial charge in [0.2, 0.25) is 0 Å². The standard InChI is InChI=1S/C17H26N2/c1-12-3-4-14(9-17(12)18)10-19(2)11-16-8-13-5-6-15(16)7-13/h3-4,9,13,15-16H,5-8,10-11,18H2,1-2H3. The first-order chi connectivity index (χ1) is 9.11. The first-order valence-electron chi connectivity index (χ1n) is 7.65. The molecule has 0 aromatic heterocycles. The van der Waals surface area contributed by atoms with Gasteiger partial charge in [-0.25, -0.2) is 0 Å². The van der Waals surface area contributed by atoms with E-state index in [0.717, 1.165) is 30.0 Å². The number of hydrogen-bond acceptors (Lipinski definition) is 2. The van der Waals surface area contributed by atoms with Crippen LogP contribution in [0.4, 0.5) is 5.69 Å². The van der Waals surface area contributed by atoms with Crippen molar-refractivity contribution in [1.29, 1.82) is 0 Å². The topological polar surface area (TPSA) is 29.3 Å². The molecule has 2 heteroatoms. The van der Waals surface area contributed by atoms with Crippen LogP contribution < -0.4 is 5.73 Å². The molecule has 2 nitrogen and oxygen atoms in total. The fraction of sp³-hybridized carbons (Fsp3) is 0.647. The van der Waals surface area contributed by atoms with E-state index in [0.29, 0.717) is 0 Å². The van der Waals surface area contributed by atoms with E-state index in [1.54, 1.807) is 0 Å². The normalized spacial score (nSPS) is 29.3. The van der Waals surface area contributed by atoms with E-state index in [9.17, 15) is 0 Å². The minimum absolute atomic E-state index is 0.922. The van der Waals surface area contributed by atoms with E-state index in [2.05, 4.69) is 37.1 Å². The highest BCUT2D eigenvalue weighted by atomic mass is 15.1. The van der Waals surface area contributed by atoms with Gasteiger partial charge in [0.25, 0.3) is 0 Å². The molecule has 2 fully saturated rings. The molecular weight excluding hydrogens is 232 g/mol. The molecule has 1 aromatic rings. The molecule has 1 aromatic carbocycles. The minimum Gasteiger partial charge on any atom is -0.399 e. The van der Waals surface area contributed by atoms with Crippen molar-refractivity contribution in [3.8, 4) is 0 Å². The second-order valence-electron chi connectivity index (χ2n) is 6.82. The summed E-state index contributed by atoms with van der Waals surface area (Å²) in [6.45, 7) is 4.35. The van der Waals surface area contributed by atoms with Gasteiger partial charge in [-0.3, -0.25) is 0 Å². The smallest absolute Gasteiger partial charge is 0.0346 e. The third-order valence-electron chi connectivity index (χ3n) is 5.23. The lowest BCUT2D eigenvalue weighted by atomic mass is 9.88. The van der Waals surface area contributed by atoms with Gasteiger partial charge in [-0.2, -0.15) is 0 Å². The molecule has 0 heterocycles. The fourth-order valence-corrected chi connectivity index (χ4v) is 4.16. The first kappa shape index (κ1) is 13.0. The van der Waals surface area contributed by atoms with Crippen LogP contribution in [0.25, 0.3) is 0 Å². The number of hydrogen-bond donors (Lipinski definition) is 1. The quantitative estimate of drug-likeness (QED) is 0.838. The van der Waals surface area contributed by atoms with E-state index in [4.69, 9.17) is 5.73 Å². The third-order valence-corrected chi connectivity index (χ3v) is 5.23. The number of rotatable bonds is 4. The summed E-state index contributed by atoms with van der Waals surface area (Å²) in [6.07, 6.45) is 5.97. The summed E-state index contributed by atoms with van der Waals surface area (Å²) < 4.78 is 0. The van der Waals surface area contributed by atoms with Gasteiger partial charge >= 0.3 is 0 Å². The Morgan fingerprint density at radius 2 is 2.11 bits per heavy atom. The summed E-state index contributed by atoms with van der Waals surface area (Å²) in [5.41, 5.74) is 9.43. The number of nitrogens with zero attached hydrogens (tertiary/aromatic N) is 1. The summed E-state index contributed by atoms with van der Waals surface area (Å²) in [5, 5.41) is 0. The molecule has 2 saturated carbocycles. The molecule has 104 valence electrons. The van der Waals surface area contributed by atoms with Crippen molar-refractivity contribution in [3.05, 3.63) is 29.3 Å². The van der Waals surface area contributed by atoms with Gasteiger partial charge in [0.05, 0.1) is 0 Å². The first-order valence-corrected chi connectivity index (χ1v) is 7.65. The molecule has 3 rings (SSSR count). The maximum absolute atomic E-state index is 5.99. The zero-order valence-electron chi connectivity index (χ0n) is 12.2. The molecule has 3 unspecified atom stereocenters. The van der Waals surface area contributed by atoms with E-state index in [-0.39, 0.29) is 0 Å². The molecule has 2 bridgehead atoms. The maximum atomic E-state index is 5.99. The highest BCUT2D eigenvalue weighted by molar-refractivity contribution is 5.48. The molecule has 3 atom stereocenters. The van der Waals surface area contributed by atoms with Crippen molar-refractivity contribution in [2.75, 3.05) is 19.3 Å². The Morgan fingerprint density at radius 3 is 2.74 bits per heavy atom. The van der Waals surface area contributed by atoms with Crippen LogP contribution in [0, 0.1) is 24.7 Å². The van der Waals surface area contributed by atoms with Crippen LogP contribution in [-0.2, 0) is 6.54 Å². The predicted octanol–water partition coefficient (Wildman–Crippen LogP) is 3.45. The van der Waals surface area contributed by atoms with Crippen molar-refractivity contribution in [3.63, 3.8) is 0 Å². The van der Waals surface area contributed by atoms with Crippen LogP contribution in [0.3, 0.4) is 0 Å². The number of nitrogen functional groups attached to an aromatic ring is 1. The van der Waals surface area contributed by atoms with E-state index >= 15 is 0 Å². The highest BCUT2D eigenvalue weighted by Gasteiger charge is 2.39. The second kappa shape index (κ2) is 5.16. The van der Waals surface area contributed by atoms with Crippen molar-refractivity contribution >= 4 is 5.69 Å². The summed E-state index contributed by atoms with van der Waals surface area (Å²) >= 11 is 0. The van der Waals surface area contributed by atoms with Gasteiger partial charge in [-0.15, -0.1) is 0 Å². The van der Waals surface area contributed by atoms with Gasteiger partial charge in [0.15, 0.2) is 0 Å². The summed E-state index contributed by atoms with van der Waals surface area (Å²) in [6, 6.07) is 6.48. The lowest BCUT2D eigenvalue weighted by molar-refractivity contribution is 0.214. The van der Waals surface area contributed by atoms with Gasteiger partial charge in [0.1, 0.15) is 0 Å². The third kappa shape index (κ3) is 2.79. The average molecular weight is 258 g/mol. The Hall–Kier alpha value is -1.02. The molecule has 0 saturated heterocycles. The second-order valence-corrected chi connectivity index (χ2v) is 6.82. The number of nitrogens with two attached hydrogens (primary N) is 1. The monoisotopic (exact) mass is 258 g/mol. The lowest BCUT2D eigenvalue weighted by Crippen LogP contribution is -2.28. The molecule has 0 radical (unpaired) electrons. The number of benzene rings is 1. The number of aryl methyl sites for hydroxylation is 1. The van der Waals surface area contributed by atoms with Crippen LogP contribution in [0.15, 0.2) is 18.2 Å². The largest absolute Gasteiger partial charge is 0.399 e. The molecule has 0 aliphatic heterocycles. The molecule has 0 amide bonds. The predicted molar refractivity (Wildman–Crippen MR) is 80.9 cm³/mol. The molecule has 2 N–H and O–H groups in total. The Morgan fingerprint density at radius 1 is 1.26 bits per heavy atom. The van der Waals surface area contributed by atoms with Crippen LogP contribution in [-0.4, -0.2) is 18.5 Å². The minimum atomic E-state index is 0.922. The Bertz CT molecular complexity index is 455. The number of anilines is 1. The molecular formula is C17H26N2. The zero-order chi connectivity index (χ0) is 13.4. The Balaban J connectivity index is 1.56. The fourth-order valence-electron chi connectivity index (χ4n) is 4.16. The van der Waals surface area contributed by atoms with Crippen molar-refractivity contribution in [2.45, 2.75) is 39.2 Å². The molecule has 2 aliphatic carbocycles. The van der Waals surface area contributed by atoms with Crippen LogP contribution in [0.2, 0.25) is 0 Å². The maximum Gasteiger partial charge on any atom is 0.0346 e. The van der Waals surface area contributed by atoms with Gasteiger partial charge in [-0.05, 0) is 68.2 Å². The van der Waals surface area contributed by atoms with E-state index in [1.165, 1.54) is 43.4 Å². The zero-order valence-corrected chi connectivity index (χ0v) is 12.2. The Labute approximate surface area is 117 Å². The average Bonchev–Trinajstić information content (AvgIpc) is 2.96.